The monoisotopic (exact) mass is 421 g/mol. The molecule has 31 heavy (non-hydrogen) atoms. The highest BCUT2D eigenvalue weighted by Gasteiger charge is 2.19. The highest BCUT2D eigenvalue weighted by atomic mass is 16.5. The lowest BCUT2D eigenvalue weighted by atomic mass is 10.0. The molecule has 0 saturated carbocycles. The van der Waals surface area contributed by atoms with E-state index in [2.05, 4.69) is 25.6 Å². The minimum atomic E-state index is -0.482. The van der Waals surface area contributed by atoms with E-state index >= 15 is 0 Å². The third-order valence-corrected chi connectivity index (χ3v) is 5.37. The predicted molar refractivity (Wildman–Crippen MR) is 118 cm³/mol. The minimum absolute atomic E-state index is 0.187. The van der Waals surface area contributed by atoms with Gasteiger partial charge in [-0.1, -0.05) is 29.8 Å². The summed E-state index contributed by atoms with van der Waals surface area (Å²) in [6, 6.07) is 9.22. The Bertz CT molecular complexity index is 1060. The first kappa shape index (κ1) is 21.0. The molecule has 0 unspecified atom stereocenters. The zero-order chi connectivity index (χ0) is 21.8. The number of carbonyl (C=O) groups excluding carboxylic acids is 1. The summed E-state index contributed by atoms with van der Waals surface area (Å²) in [5, 5.41) is 16.0. The summed E-state index contributed by atoms with van der Waals surface area (Å²) in [6.45, 7) is 5.11. The number of hydrogen-bond acceptors (Lipinski definition) is 6. The normalized spacial score (nSPS) is 16.8. The van der Waals surface area contributed by atoms with Crippen molar-refractivity contribution in [2.75, 3.05) is 25.1 Å². The Labute approximate surface area is 181 Å². The summed E-state index contributed by atoms with van der Waals surface area (Å²) in [4.78, 5) is 24.8. The van der Waals surface area contributed by atoms with Gasteiger partial charge >= 0.3 is 0 Å². The molecule has 0 aliphatic carbocycles. The van der Waals surface area contributed by atoms with Gasteiger partial charge in [0.05, 0.1) is 31.0 Å². The smallest absolute Gasteiger partial charge is 0.268 e. The molecule has 4 rings (SSSR count). The van der Waals surface area contributed by atoms with Gasteiger partial charge in [-0.15, -0.1) is 0 Å². The topological polar surface area (TPSA) is 112 Å². The molecule has 0 spiro atoms. The number of rotatable bonds is 7. The molecular formula is C23H27N5O3. The lowest BCUT2D eigenvalue weighted by molar-refractivity contribution is 0.0911. The number of aromatic amines is 1. The van der Waals surface area contributed by atoms with Crippen LogP contribution < -0.4 is 10.6 Å². The van der Waals surface area contributed by atoms with Crippen LogP contribution in [0.5, 0.6) is 0 Å². The van der Waals surface area contributed by atoms with Crippen molar-refractivity contribution >= 4 is 11.9 Å². The lowest BCUT2D eigenvalue weighted by Gasteiger charge is -2.16. The molecule has 8 heteroatoms. The number of nitrogens with zero attached hydrogens (tertiary/aromatic N) is 2. The van der Waals surface area contributed by atoms with Gasteiger partial charge in [-0.2, -0.15) is 0 Å². The summed E-state index contributed by atoms with van der Waals surface area (Å²) in [6.07, 6.45) is 4.45. The van der Waals surface area contributed by atoms with E-state index in [-0.39, 0.29) is 18.6 Å². The fourth-order valence-corrected chi connectivity index (χ4v) is 3.65. The number of aliphatic hydroxyl groups is 1. The predicted octanol–water partition coefficient (Wildman–Crippen LogP) is 2.75. The number of aromatic nitrogens is 3. The second-order valence-corrected chi connectivity index (χ2v) is 7.85. The highest BCUT2D eigenvalue weighted by Crippen LogP contribution is 2.24. The van der Waals surface area contributed by atoms with Crippen molar-refractivity contribution < 1.29 is 14.6 Å². The van der Waals surface area contributed by atoms with Crippen LogP contribution in [-0.4, -0.2) is 51.8 Å². The van der Waals surface area contributed by atoms with Gasteiger partial charge in [0.2, 0.25) is 5.95 Å². The standard InChI is InChI=1S/C23H27N5O3/c1-14-4-3-5-16(8-14)20(12-29)27-22(30)19-9-17(11-24-19)21-15(2)10-25-23(28-21)26-18-6-7-31-13-18/h3-5,8-11,18,20,24,29H,6-7,12-13H2,1-2H3,(H,27,30)(H,25,26,28)/t18-,20-/m1/s1. The van der Waals surface area contributed by atoms with Crippen LogP contribution in [0.25, 0.3) is 11.3 Å². The molecule has 2 atom stereocenters. The molecule has 1 aliphatic rings. The molecular weight excluding hydrogens is 394 g/mol. The highest BCUT2D eigenvalue weighted by molar-refractivity contribution is 5.94. The first-order chi connectivity index (χ1) is 15.0. The fourth-order valence-electron chi connectivity index (χ4n) is 3.65. The molecule has 1 aromatic carbocycles. The van der Waals surface area contributed by atoms with Gasteiger partial charge in [-0.3, -0.25) is 4.79 Å². The van der Waals surface area contributed by atoms with Gasteiger partial charge < -0.3 is 25.5 Å². The van der Waals surface area contributed by atoms with Crippen molar-refractivity contribution in [1.29, 1.82) is 0 Å². The maximum Gasteiger partial charge on any atom is 0.268 e. The van der Waals surface area contributed by atoms with Crippen LogP contribution in [0.3, 0.4) is 0 Å². The Kier molecular flexibility index (Phi) is 6.29. The van der Waals surface area contributed by atoms with Gasteiger partial charge in [-0.05, 0) is 37.5 Å². The molecule has 1 fully saturated rings. The number of benzene rings is 1. The molecule has 162 valence electrons. The third-order valence-electron chi connectivity index (χ3n) is 5.37. The van der Waals surface area contributed by atoms with Crippen LogP contribution in [0.15, 0.2) is 42.7 Å². The quantitative estimate of drug-likeness (QED) is 0.467. The zero-order valence-corrected chi connectivity index (χ0v) is 17.7. The van der Waals surface area contributed by atoms with Crippen molar-refractivity contribution in [1.82, 2.24) is 20.3 Å². The number of anilines is 1. The van der Waals surface area contributed by atoms with E-state index in [9.17, 15) is 9.90 Å². The summed E-state index contributed by atoms with van der Waals surface area (Å²) in [5.41, 5.74) is 4.79. The number of amides is 1. The average molecular weight is 422 g/mol. The fraction of sp³-hybridized carbons (Fsp3) is 0.348. The molecule has 8 nitrogen and oxygen atoms in total. The van der Waals surface area contributed by atoms with E-state index in [4.69, 9.17) is 4.74 Å². The Morgan fingerprint density at radius 2 is 2.23 bits per heavy atom. The van der Waals surface area contributed by atoms with Crippen LogP contribution in [0.1, 0.15) is 39.6 Å². The molecule has 0 radical (unpaired) electrons. The second kappa shape index (κ2) is 9.28. The van der Waals surface area contributed by atoms with Crippen LogP contribution >= 0.6 is 0 Å². The summed E-state index contributed by atoms with van der Waals surface area (Å²) < 4.78 is 5.39. The van der Waals surface area contributed by atoms with Crippen molar-refractivity contribution in [3.63, 3.8) is 0 Å². The number of aryl methyl sites for hydroxylation is 2. The lowest BCUT2D eigenvalue weighted by Crippen LogP contribution is -2.31. The number of ether oxygens (including phenoxy) is 1. The van der Waals surface area contributed by atoms with Gasteiger partial charge in [0.1, 0.15) is 5.69 Å². The molecule has 3 heterocycles. The van der Waals surface area contributed by atoms with E-state index in [1.807, 2.05) is 38.1 Å². The van der Waals surface area contributed by atoms with Gasteiger partial charge in [0.15, 0.2) is 0 Å². The maximum atomic E-state index is 12.8. The zero-order valence-electron chi connectivity index (χ0n) is 17.7. The maximum absolute atomic E-state index is 12.8. The molecule has 2 aromatic heterocycles. The Hall–Kier alpha value is -3.23. The first-order valence-electron chi connectivity index (χ1n) is 10.4. The molecule has 0 bridgehead atoms. The second-order valence-electron chi connectivity index (χ2n) is 7.85. The average Bonchev–Trinajstić information content (AvgIpc) is 3.45. The summed E-state index contributed by atoms with van der Waals surface area (Å²) >= 11 is 0. The van der Waals surface area contributed by atoms with Gasteiger partial charge in [-0.25, -0.2) is 9.97 Å². The van der Waals surface area contributed by atoms with Gasteiger partial charge in [0.25, 0.3) is 5.91 Å². The molecule has 1 saturated heterocycles. The Morgan fingerprint density at radius 3 is 2.97 bits per heavy atom. The number of aliphatic hydroxyl groups excluding tert-OH is 1. The number of hydrogen-bond donors (Lipinski definition) is 4. The number of nitrogens with one attached hydrogen (secondary N) is 3. The van der Waals surface area contributed by atoms with Crippen molar-refractivity contribution in [2.45, 2.75) is 32.4 Å². The van der Waals surface area contributed by atoms with Crippen LogP contribution in [0, 0.1) is 13.8 Å². The Balaban J connectivity index is 1.50. The Morgan fingerprint density at radius 1 is 1.35 bits per heavy atom. The molecule has 4 N–H and O–H groups in total. The third kappa shape index (κ3) is 4.92. The van der Waals surface area contributed by atoms with Crippen LogP contribution in [0.4, 0.5) is 5.95 Å². The van der Waals surface area contributed by atoms with E-state index in [0.717, 1.165) is 41.0 Å². The summed E-state index contributed by atoms with van der Waals surface area (Å²) in [5.74, 6) is 0.253. The van der Waals surface area contributed by atoms with E-state index in [1.165, 1.54) is 0 Å². The first-order valence-corrected chi connectivity index (χ1v) is 10.4. The van der Waals surface area contributed by atoms with E-state index < -0.39 is 6.04 Å². The van der Waals surface area contributed by atoms with Crippen molar-refractivity contribution in [3.05, 3.63) is 65.1 Å². The van der Waals surface area contributed by atoms with Crippen LogP contribution in [-0.2, 0) is 4.74 Å². The van der Waals surface area contributed by atoms with Crippen molar-refractivity contribution in [3.8, 4) is 11.3 Å². The van der Waals surface area contributed by atoms with E-state index in [1.54, 1.807) is 18.5 Å². The molecule has 1 amide bonds. The van der Waals surface area contributed by atoms with Crippen LogP contribution in [0.2, 0.25) is 0 Å². The number of H-pyrrole nitrogens is 1. The van der Waals surface area contributed by atoms with E-state index in [0.29, 0.717) is 18.2 Å². The molecule has 1 aliphatic heterocycles. The largest absolute Gasteiger partial charge is 0.394 e. The molecule has 3 aromatic rings. The van der Waals surface area contributed by atoms with Crippen molar-refractivity contribution in [2.24, 2.45) is 0 Å². The number of carbonyl (C=O) groups is 1. The summed E-state index contributed by atoms with van der Waals surface area (Å²) in [7, 11) is 0. The SMILES string of the molecule is Cc1cccc([C@@H](CO)NC(=O)c2cc(-c3nc(N[C@@H]4CCOC4)ncc3C)c[nH]2)c1. The minimum Gasteiger partial charge on any atom is -0.394 e. The van der Waals surface area contributed by atoms with Gasteiger partial charge in [0, 0.05) is 24.6 Å².